The van der Waals surface area contributed by atoms with Gasteiger partial charge in [-0.25, -0.2) is 0 Å². The smallest absolute Gasteiger partial charge is 1.00 e. The molecule has 0 unspecified atom stereocenters. The molecule has 2 rings (SSSR count). The Morgan fingerprint density at radius 2 is 1.81 bits per heavy atom. The van der Waals surface area contributed by atoms with Crippen LogP contribution in [0.15, 0.2) is 0 Å². The zero-order valence-electron chi connectivity index (χ0n) is 14.1. The fourth-order valence-corrected chi connectivity index (χ4v) is 4.34. The molecule has 0 aliphatic heterocycles. The van der Waals surface area contributed by atoms with E-state index in [4.69, 9.17) is 9.16 Å². The van der Waals surface area contributed by atoms with Gasteiger partial charge in [0.25, 0.3) is 0 Å². The number of ether oxygens (including phenoxy) is 1. The molecule has 0 aromatic rings. The summed E-state index contributed by atoms with van der Waals surface area (Å²) in [4.78, 5) is 11.1. The quantitative estimate of drug-likeness (QED) is 0.404. The van der Waals surface area contributed by atoms with E-state index in [2.05, 4.69) is 40.3 Å². The molecule has 0 heterocycles. The minimum atomic E-state index is -1.69. The van der Waals surface area contributed by atoms with Crippen molar-refractivity contribution in [2.75, 3.05) is 0 Å². The number of carbonyl (C=O) groups excluding carboxylic acids is 1. The first kappa shape index (κ1) is 21.9. The molecular formula is C15H27ClHgO3Si. The van der Waals surface area contributed by atoms with Crippen molar-refractivity contribution in [2.24, 2.45) is 11.8 Å². The molecule has 0 amide bonds. The first-order chi connectivity index (χ1) is 8.60. The second-order valence-corrected chi connectivity index (χ2v) is 12.3. The standard InChI is InChI=1S/C15H27O3Si.ClH.Hg/c1-10(16)17-13-8-12-7-11(13)9-14(12)18-19(5,6)15(2,3)4;;/h8,11-14H,7,9H2,1-6H3;1H;/q;;+1/p-1/t11-,12-,13+,14+;;/m1../s1. The Balaban J connectivity index is 0.00000200. The van der Waals surface area contributed by atoms with Crippen LogP contribution < -0.4 is 12.4 Å². The molecule has 2 fully saturated rings. The van der Waals surface area contributed by atoms with Crippen LogP contribution in [0.1, 0.15) is 40.5 Å². The molecular weight excluding hydrogens is 492 g/mol. The number of hydrogen-bond acceptors (Lipinski definition) is 3. The number of fused-ring (bicyclic) bond motifs is 2. The molecule has 0 aromatic heterocycles. The van der Waals surface area contributed by atoms with Crippen LogP contribution in [0.25, 0.3) is 0 Å². The third-order valence-corrected chi connectivity index (χ3v) is 9.55. The predicted octanol–water partition coefficient (Wildman–Crippen LogP) is 0.554. The summed E-state index contributed by atoms with van der Waals surface area (Å²) in [6, 6.07) is 0. The van der Waals surface area contributed by atoms with E-state index in [1.165, 1.54) is 6.92 Å². The van der Waals surface area contributed by atoms with Gasteiger partial charge < -0.3 is 21.6 Å². The Morgan fingerprint density at radius 1 is 1.24 bits per heavy atom. The summed E-state index contributed by atoms with van der Waals surface area (Å²) in [7, 11) is -1.69. The van der Waals surface area contributed by atoms with Crippen LogP contribution in [0, 0.1) is 18.3 Å². The van der Waals surface area contributed by atoms with Gasteiger partial charge >= 0.3 is 33.6 Å². The van der Waals surface area contributed by atoms with Crippen LogP contribution in [0.4, 0.5) is 0 Å². The minimum Gasteiger partial charge on any atom is -1.00 e. The van der Waals surface area contributed by atoms with Crippen molar-refractivity contribution >= 4 is 14.3 Å². The third kappa shape index (κ3) is 4.92. The molecule has 2 radical (unpaired) electrons. The van der Waals surface area contributed by atoms with E-state index in [-0.39, 0.29) is 57.2 Å². The zero-order chi connectivity index (χ0) is 14.4. The van der Waals surface area contributed by atoms with Crippen LogP contribution in [-0.2, 0) is 41.6 Å². The van der Waals surface area contributed by atoms with Crippen LogP contribution in [0.5, 0.6) is 0 Å². The molecule has 0 aromatic carbocycles. The summed E-state index contributed by atoms with van der Waals surface area (Å²) in [6.45, 7) is 12.9. The Bertz CT molecular complexity index is 370. The van der Waals surface area contributed by atoms with E-state index in [9.17, 15) is 4.79 Å². The average molecular weight is 520 g/mol. The van der Waals surface area contributed by atoms with Crippen molar-refractivity contribution in [3.05, 3.63) is 6.42 Å². The van der Waals surface area contributed by atoms with Gasteiger partial charge in [0.15, 0.2) is 8.32 Å². The molecule has 6 heteroatoms. The van der Waals surface area contributed by atoms with Crippen molar-refractivity contribution in [3.8, 4) is 0 Å². The van der Waals surface area contributed by atoms with E-state index < -0.39 is 8.32 Å². The third-order valence-electron chi connectivity index (χ3n) is 5.04. The van der Waals surface area contributed by atoms with Gasteiger partial charge in [-0.15, -0.1) is 0 Å². The molecule has 21 heavy (non-hydrogen) atoms. The molecule has 0 spiro atoms. The second-order valence-electron chi connectivity index (χ2n) is 7.58. The minimum absolute atomic E-state index is 0. The zero-order valence-corrected chi connectivity index (χ0v) is 21.4. The number of halogens is 1. The maximum Gasteiger partial charge on any atom is 1.00 e. The SMILES string of the molecule is CC(=O)O[C@H]1[CH][C@H]2C[C@@H]1C[C@@H]2O[Si](C)(C)C(C)(C)C.[Cl-].[Hg+]. The number of carbonyl (C=O) groups is 1. The van der Waals surface area contributed by atoms with Gasteiger partial charge in [-0.3, -0.25) is 4.79 Å². The van der Waals surface area contributed by atoms with Crippen molar-refractivity contribution in [3.63, 3.8) is 0 Å². The summed E-state index contributed by atoms with van der Waals surface area (Å²) in [5, 5.41) is 0.254. The molecule has 0 N–H and O–H groups in total. The summed E-state index contributed by atoms with van der Waals surface area (Å²) < 4.78 is 11.9. The molecule has 3 nitrogen and oxygen atoms in total. The van der Waals surface area contributed by atoms with E-state index in [0.29, 0.717) is 17.9 Å². The molecule has 2 aliphatic carbocycles. The van der Waals surface area contributed by atoms with Gasteiger partial charge in [-0.1, -0.05) is 20.8 Å². The molecule has 118 valence electrons. The van der Waals surface area contributed by atoms with Crippen molar-refractivity contribution in [1.29, 1.82) is 0 Å². The fraction of sp³-hybridized carbons (Fsp3) is 0.867. The largest absolute Gasteiger partial charge is 1.00 e. The maximum atomic E-state index is 11.1. The van der Waals surface area contributed by atoms with Crippen molar-refractivity contribution in [1.82, 2.24) is 0 Å². The summed E-state index contributed by atoms with van der Waals surface area (Å²) in [5.74, 6) is 0.780. The van der Waals surface area contributed by atoms with Crippen LogP contribution >= 0.6 is 0 Å². The number of hydrogen-bond donors (Lipinski definition) is 0. The van der Waals surface area contributed by atoms with Gasteiger partial charge in [0.05, 0.1) is 0 Å². The maximum absolute atomic E-state index is 11.1. The van der Waals surface area contributed by atoms with Gasteiger partial charge in [0.1, 0.15) is 6.10 Å². The summed E-state index contributed by atoms with van der Waals surface area (Å²) in [6.07, 6.45) is 4.75. The predicted molar refractivity (Wildman–Crippen MR) is 78.1 cm³/mol. The first-order valence-electron chi connectivity index (χ1n) is 7.30. The molecule has 2 saturated carbocycles. The van der Waals surface area contributed by atoms with Crippen molar-refractivity contribution in [2.45, 2.75) is 70.9 Å². The van der Waals surface area contributed by atoms with E-state index in [0.717, 1.165) is 12.8 Å². The summed E-state index contributed by atoms with van der Waals surface area (Å²) in [5.41, 5.74) is 0. The molecule has 2 bridgehead atoms. The fourth-order valence-electron chi connectivity index (χ4n) is 2.96. The van der Waals surface area contributed by atoms with E-state index in [1.54, 1.807) is 0 Å². The van der Waals surface area contributed by atoms with Gasteiger partial charge in [-0.2, -0.15) is 0 Å². The number of rotatable bonds is 3. The van der Waals surface area contributed by atoms with Crippen molar-refractivity contribution < 1.29 is 54.0 Å². The monoisotopic (exact) mass is 520 g/mol. The van der Waals surface area contributed by atoms with E-state index >= 15 is 0 Å². The normalized spacial score (nSPS) is 31.3. The van der Waals surface area contributed by atoms with Gasteiger partial charge in [0, 0.05) is 19.4 Å². The molecule has 0 saturated heterocycles. The molecule has 2 aliphatic rings. The van der Waals surface area contributed by atoms with E-state index in [1.807, 2.05) is 0 Å². The van der Waals surface area contributed by atoms with Crippen LogP contribution in [0.3, 0.4) is 0 Å². The Hall–Kier alpha value is 0.872. The average Bonchev–Trinajstić information content (AvgIpc) is 2.73. The van der Waals surface area contributed by atoms with Gasteiger partial charge in [-0.05, 0) is 42.8 Å². The van der Waals surface area contributed by atoms with Crippen LogP contribution in [-0.4, -0.2) is 26.5 Å². The summed E-state index contributed by atoms with van der Waals surface area (Å²) >= 11 is 0. The second kappa shape index (κ2) is 7.63. The Morgan fingerprint density at radius 3 is 2.19 bits per heavy atom. The first-order valence-corrected chi connectivity index (χ1v) is 10.2. The number of esters is 1. The Labute approximate surface area is 157 Å². The Kier molecular flexibility index (Phi) is 7.94. The topological polar surface area (TPSA) is 35.5 Å². The molecule has 4 atom stereocenters. The van der Waals surface area contributed by atoms with Crippen LogP contribution in [0.2, 0.25) is 18.1 Å². The van der Waals surface area contributed by atoms with Gasteiger partial charge in [0.2, 0.25) is 0 Å².